The van der Waals surface area contributed by atoms with Crippen LogP contribution in [-0.2, 0) is 6.54 Å². The van der Waals surface area contributed by atoms with Crippen molar-refractivity contribution in [2.75, 3.05) is 6.54 Å². The summed E-state index contributed by atoms with van der Waals surface area (Å²) in [4.78, 5) is 7.13. The summed E-state index contributed by atoms with van der Waals surface area (Å²) in [6.45, 7) is 3.84. The van der Waals surface area contributed by atoms with Crippen LogP contribution in [0, 0.1) is 6.92 Å². The fourth-order valence-electron chi connectivity index (χ4n) is 3.93. The van der Waals surface area contributed by atoms with E-state index in [2.05, 4.69) is 33.5 Å². The second-order valence-corrected chi connectivity index (χ2v) is 7.15. The lowest BCUT2D eigenvalue weighted by Crippen LogP contribution is -2.22. The first kappa shape index (κ1) is 16.2. The van der Waals surface area contributed by atoms with E-state index in [9.17, 15) is 0 Å². The number of aryl methyl sites for hydroxylation is 1. The van der Waals surface area contributed by atoms with Crippen molar-refractivity contribution in [3.8, 4) is 11.1 Å². The van der Waals surface area contributed by atoms with Crippen molar-refractivity contribution in [1.82, 2.24) is 24.7 Å². The van der Waals surface area contributed by atoms with E-state index < -0.39 is 0 Å². The van der Waals surface area contributed by atoms with Crippen LogP contribution >= 0.6 is 0 Å². The summed E-state index contributed by atoms with van der Waals surface area (Å²) in [5, 5.41) is 8.56. The standard InChI is InChI=1S/C21H21N5O/c1-15-10-20(27-24-15)19-8-5-9-25(19)13-16-11-22-21-18(12-23-26(21)14-16)17-6-3-2-4-7-17/h2-4,6-7,10-12,14,19H,5,8-9,13H2,1H3/t19-/m0/s1. The van der Waals surface area contributed by atoms with Gasteiger partial charge in [0.15, 0.2) is 11.4 Å². The van der Waals surface area contributed by atoms with Gasteiger partial charge in [-0.15, -0.1) is 0 Å². The first-order valence-corrected chi connectivity index (χ1v) is 9.33. The summed E-state index contributed by atoms with van der Waals surface area (Å²) in [6, 6.07) is 12.6. The van der Waals surface area contributed by atoms with Crippen molar-refractivity contribution in [3.63, 3.8) is 0 Å². The Balaban J connectivity index is 1.41. The maximum absolute atomic E-state index is 5.51. The summed E-state index contributed by atoms with van der Waals surface area (Å²) in [5.41, 5.74) is 5.15. The summed E-state index contributed by atoms with van der Waals surface area (Å²) in [7, 11) is 0. The first-order chi connectivity index (χ1) is 13.3. The molecule has 4 heterocycles. The van der Waals surface area contributed by atoms with Gasteiger partial charge in [0, 0.05) is 36.1 Å². The third kappa shape index (κ3) is 3.02. The fourth-order valence-corrected chi connectivity index (χ4v) is 3.93. The SMILES string of the molecule is Cc1cc([C@@H]2CCCN2Cc2cnc3c(-c4ccccc4)cnn3c2)on1. The number of hydrogen-bond donors (Lipinski definition) is 0. The zero-order valence-corrected chi connectivity index (χ0v) is 15.2. The molecular formula is C21H21N5O. The van der Waals surface area contributed by atoms with Crippen LogP contribution < -0.4 is 0 Å². The molecule has 0 unspecified atom stereocenters. The summed E-state index contributed by atoms with van der Waals surface area (Å²) < 4.78 is 7.39. The smallest absolute Gasteiger partial charge is 0.162 e. The van der Waals surface area contributed by atoms with Crippen molar-refractivity contribution in [2.24, 2.45) is 0 Å². The molecule has 1 atom stereocenters. The number of likely N-dealkylation sites (tertiary alicyclic amines) is 1. The van der Waals surface area contributed by atoms with Crippen LogP contribution in [0.3, 0.4) is 0 Å². The molecule has 0 spiro atoms. The van der Waals surface area contributed by atoms with Gasteiger partial charge in [0.2, 0.25) is 0 Å². The minimum absolute atomic E-state index is 0.291. The Morgan fingerprint density at radius 2 is 2.07 bits per heavy atom. The molecule has 1 aliphatic rings. The highest BCUT2D eigenvalue weighted by Crippen LogP contribution is 2.33. The Kier molecular flexibility index (Phi) is 3.98. The highest BCUT2D eigenvalue weighted by atomic mass is 16.5. The minimum atomic E-state index is 0.291. The number of aromatic nitrogens is 4. The van der Waals surface area contributed by atoms with Crippen LogP contribution in [0.5, 0.6) is 0 Å². The van der Waals surface area contributed by atoms with E-state index in [1.165, 1.54) is 6.42 Å². The van der Waals surface area contributed by atoms with Crippen LogP contribution in [0.4, 0.5) is 0 Å². The van der Waals surface area contributed by atoms with Crippen LogP contribution in [0.25, 0.3) is 16.8 Å². The molecule has 1 aromatic carbocycles. The lowest BCUT2D eigenvalue weighted by molar-refractivity contribution is 0.206. The highest BCUT2D eigenvalue weighted by molar-refractivity contribution is 5.76. The Morgan fingerprint density at radius 1 is 1.19 bits per heavy atom. The van der Waals surface area contributed by atoms with E-state index in [-0.39, 0.29) is 0 Å². The Hall–Kier alpha value is -2.99. The van der Waals surface area contributed by atoms with Gasteiger partial charge in [-0.1, -0.05) is 35.5 Å². The molecule has 27 heavy (non-hydrogen) atoms. The molecule has 0 radical (unpaired) electrons. The van der Waals surface area contributed by atoms with Crippen LogP contribution in [-0.4, -0.2) is 31.2 Å². The largest absolute Gasteiger partial charge is 0.359 e. The Bertz CT molecular complexity index is 1070. The van der Waals surface area contributed by atoms with Crippen molar-refractivity contribution in [1.29, 1.82) is 0 Å². The summed E-state index contributed by atoms with van der Waals surface area (Å²) in [6.07, 6.45) is 8.20. The molecule has 0 aliphatic carbocycles. The maximum Gasteiger partial charge on any atom is 0.162 e. The van der Waals surface area contributed by atoms with Crippen LogP contribution in [0.1, 0.15) is 35.9 Å². The number of fused-ring (bicyclic) bond motifs is 1. The molecule has 0 N–H and O–H groups in total. The van der Waals surface area contributed by atoms with Gasteiger partial charge >= 0.3 is 0 Å². The molecule has 0 bridgehead atoms. The molecule has 1 aliphatic heterocycles. The predicted molar refractivity (Wildman–Crippen MR) is 102 cm³/mol. The van der Waals surface area contributed by atoms with E-state index in [0.717, 1.165) is 53.3 Å². The Labute approximate surface area is 157 Å². The van der Waals surface area contributed by atoms with Gasteiger partial charge in [-0.25, -0.2) is 9.50 Å². The average molecular weight is 359 g/mol. The molecule has 1 fully saturated rings. The first-order valence-electron chi connectivity index (χ1n) is 9.33. The van der Waals surface area contributed by atoms with Gasteiger partial charge in [-0.05, 0) is 31.9 Å². The molecule has 4 aromatic rings. The van der Waals surface area contributed by atoms with Crippen LogP contribution in [0.2, 0.25) is 0 Å². The molecule has 6 nitrogen and oxygen atoms in total. The average Bonchev–Trinajstić information content (AvgIpc) is 3.42. The molecule has 5 rings (SSSR count). The molecular weight excluding hydrogens is 338 g/mol. The van der Waals surface area contributed by atoms with Crippen molar-refractivity contribution >= 4 is 5.65 Å². The van der Waals surface area contributed by atoms with E-state index in [1.54, 1.807) is 0 Å². The van der Waals surface area contributed by atoms with Gasteiger partial charge in [-0.2, -0.15) is 5.10 Å². The molecule has 136 valence electrons. The lowest BCUT2D eigenvalue weighted by atomic mass is 10.1. The highest BCUT2D eigenvalue weighted by Gasteiger charge is 2.29. The van der Waals surface area contributed by atoms with E-state index >= 15 is 0 Å². The van der Waals surface area contributed by atoms with Gasteiger partial charge in [0.05, 0.1) is 17.9 Å². The number of rotatable bonds is 4. The number of hydrogen-bond acceptors (Lipinski definition) is 5. The zero-order chi connectivity index (χ0) is 18.2. The predicted octanol–water partition coefficient (Wildman–Crippen LogP) is 4.03. The monoisotopic (exact) mass is 359 g/mol. The molecule has 6 heteroatoms. The zero-order valence-electron chi connectivity index (χ0n) is 15.2. The van der Waals surface area contributed by atoms with Gasteiger partial charge in [0.25, 0.3) is 0 Å². The third-order valence-electron chi connectivity index (χ3n) is 5.22. The number of nitrogens with zero attached hydrogens (tertiary/aromatic N) is 5. The molecule has 3 aromatic heterocycles. The molecule has 0 saturated carbocycles. The van der Waals surface area contributed by atoms with E-state index in [4.69, 9.17) is 9.51 Å². The third-order valence-corrected chi connectivity index (χ3v) is 5.22. The van der Waals surface area contributed by atoms with Crippen molar-refractivity contribution in [2.45, 2.75) is 32.4 Å². The summed E-state index contributed by atoms with van der Waals surface area (Å²) >= 11 is 0. The van der Waals surface area contributed by atoms with E-state index in [0.29, 0.717) is 6.04 Å². The molecule has 1 saturated heterocycles. The second-order valence-electron chi connectivity index (χ2n) is 7.15. The second kappa shape index (κ2) is 6.63. The lowest BCUT2D eigenvalue weighted by Gasteiger charge is -2.22. The normalized spacial score (nSPS) is 17.7. The van der Waals surface area contributed by atoms with Gasteiger partial charge < -0.3 is 4.52 Å². The summed E-state index contributed by atoms with van der Waals surface area (Å²) in [5.74, 6) is 0.962. The topological polar surface area (TPSA) is 59.5 Å². The van der Waals surface area contributed by atoms with Gasteiger partial charge in [-0.3, -0.25) is 4.90 Å². The number of benzene rings is 1. The van der Waals surface area contributed by atoms with Crippen molar-refractivity contribution < 1.29 is 4.52 Å². The quantitative estimate of drug-likeness (QED) is 0.551. The molecule has 0 amide bonds. The van der Waals surface area contributed by atoms with E-state index in [1.807, 2.05) is 48.1 Å². The fraction of sp³-hybridized carbons (Fsp3) is 0.286. The minimum Gasteiger partial charge on any atom is -0.359 e. The van der Waals surface area contributed by atoms with Crippen LogP contribution in [0.15, 0.2) is 59.5 Å². The van der Waals surface area contributed by atoms with Crippen molar-refractivity contribution in [3.05, 3.63) is 72.0 Å². The Morgan fingerprint density at radius 3 is 2.89 bits per heavy atom. The van der Waals surface area contributed by atoms with Gasteiger partial charge in [0.1, 0.15) is 0 Å². The maximum atomic E-state index is 5.51.